The quantitative estimate of drug-likeness (QED) is 0.796. The highest BCUT2D eigenvalue weighted by molar-refractivity contribution is 5.10. The van der Waals surface area contributed by atoms with Crippen LogP contribution >= 0.6 is 0 Å². The minimum Gasteiger partial charge on any atom is -0.375 e. The Morgan fingerprint density at radius 2 is 2.32 bits per heavy atom. The van der Waals surface area contributed by atoms with Crippen LogP contribution in [-0.4, -0.2) is 41.9 Å². The first-order valence-corrected chi connectivity index (χ1v) is 6.67. The molecule has 2 bridgehead atoms. The Hall–Kier alpha value is -1.08. The number of alkyl halides is 2. The maximum absolute atomic E-state index is 11.9. The van der Waals surface area contributed by atoms with Crippen LogP contribution in [0.3, 0.4) is 0 Å². The average molecular weight is 273 g/mol. The fourth-order valence-corrected chi connectivity index (χ4v) is 2.95. The fraction of sp³-hybridized carbons (Fsp3) is 0.833. The molecule has 0 spiro atoms. The summed E-state index contributed by atoms with van der Waals surface area (Å²) < 4.78 is 33.8. The van der Waals surface area contributed by atoms with Crippen molar-refractivity contribution in [2.24, 2.45) is 0 Å². The summed E-state index contributed by atoms with van der Waals surface area (Å²) in [5.74, 6) is 1.51. The molecule has 2 saturated heterocycles. The SMILES string of the molecule is FC(F)COCCc1noc(C2CC3CCC2N3)n1. The van der Waals surface area contributed by atoms with Crippen LogP contribution in [-0.2, 0) is 11.2 Å². The summed E-state index contributed by atoms with van der Waals surface area (Å²) in [5, 5.41) is 7.39. The standard InChI is InChI=1S/C12H17F2N3O2/c13-10(14)6-18-4-3-11-16-12(19-17-11)8-5-7-1-2-9(8)15-7/h7-10,15H,1-6H2. The van der Waals surface area contributed by atoms with E-state index in [1.807, 2.05) is 0 Å². The molecule has 3 heterocycles. The largest absolute Gasteiger partial charge is 0.375 e. The number of hydrogen-bond acceptors (Lipinski definition) is 5. The van der Waals surface area contributed by atoms with Crippen LogP contribution in [0.4, 0.5) is 8.78 Å². The van der Waals surface area contributed by atoms with Crippen LogP contribution in [0.15, 0.2) is 4.52 Å². The molecule has 3 unspecified atom stereocenters. The number of rotatable bonds is 6. The van der Waals surface area contributed by atoms with Gasteiger partial charge in [0.05, 0.1) is 12.5 Å². The number of hydrogen-bond donors (Lipinski definition) is 1. The monoisotopic (exact) mass is 273 g/mol. The van der Waals surface area contributed by atoms with Crippen LogP contribution in [0.25, 0.3) is 0 Å². The molecule has 106 valence electrons. The van der Waals surface area contributed by atoms with Gasteiger partial charge in [-0.1, -0.05) is 5.16 Å². The van der Waals surface area contributed by atoms with E-state index < -0.39 is 13.0 Å². The van der Waals surface area contributed by atoms with Crippen LogP contribution in [0.5, 0.6) is 0 Å². The molecular formula is C12H17F2N3O2. The number of nitrogens with one attached hydrogen (secondary N) is 1. The van der Waals surface area contributed by atoms with E-state index >= 15 is 0 Å². The van der Waals surface area contributed by atoms with E-state index in [9.17, 15) is 8.78 Å². The van der Waals surface area contributed by atoms with Crippen molar-refractivity contribution in [2.75, 3.05) is 13.2 Å². The van der Waals surface area contributed by atoms with Crippen molar-refractivity contribution >= 4 is 0 Å². The van der Waals surface area contributed by atoms with E-state index in [-0.39, 0.29) is 6.61 Å². The van der Waals surface area contributed by atoms with Crippen LogP contribution in [0.1, 0.15) is 36.9 Å². The molecule has 0 saturated carbocycles. The van der Waals surface area contributed by atoms with Gasteiger partial charge in [0.2, 0.25) is 5.89 Å². The molecule has 7 heteroatoms. The van der Waals surface area contributed by atoms with Crippen LogP contribution < -0.4 is 5.32 Å². The zero-order valence-corrected chi connectivity index (χ0v) is 10.5. The molecule has 2 fully saturated rings. The van der Waals surface area contributed by atoms with Crippen molar-refractivity contribution in [3.05, 3.63) is 11.7 Å². The molecular weight excluding hydrogens is 256 g/mol. The van der Waals surface area contributed by atoms with E-state index in [1.165, 1.54) is 6.42 Å². The zero-order chi connectivity index (χ0) is 13.2. The second-order valence-electron chi connectivity index (χ2n) is 5.15. The predicted molar refractivity (Wildman–Crippen MR) is 62.1 cm³/mol. The van der Waals surface area contributed by atoms with Crippen molar-refractivity contribution < 1.29 is 18.0 Å². The smallest absolute Gasteiger partial charge is 0.261 e. The van der Waals surface area contributed by atoms with E-state index in [4.69, 9.17) is 9.26 Å². The van der Waals surface area contributed by atoms with Gasteiger partial charge in [-0.2, -0.15) is 4.98 Å². The third-order valence-electron chi connectivity index (χ3n) is 3.81. The molecule has 2 aliphatic rings. The Morgan fingerprint density at radius 3 is 3.00 bits per heavy atom. The number of ether oxygens (including phenoxy) is 1. The van der Waals surface area contributed by atoms with E-state index in [2.05, 4.69) is 15.5 Å². The second kappa shape index (κ2) is 5.50. The summed E-state index contributed by atoms with van der Waals surface area (Å²) in [6.45, 7) is -0.348. The second-order valence-corrected chi connectivity index (χ2v) is 5.15. The highest BCUT2D eigenvalue weighted by Gasteiger charge is 2.42. The van der Waals surface area contributed by atoms with Crippen LogP contribution in [0, 0.1) is 0 Å². The summed E-state index contributed by atoms with van der Waals surface area (Å²) in [6, 6.07) is 1.04. The third kappa shape index (κ3) is 2.92. The molecule has 0 radical (unpaired) electrons. The lowest BCUT2D eigenvalue weighted by Gasteiger charge is -2.15. The summed E-state index contributed by atoms with van der Waals surface area (Å²) >= 11 is 0. The highest BCUT2D eigenvalue weighted by atomic mass is 19.3. The van der Waals surface area contributed by atoms with Gasteiger partial charge in [-0.3, -0.25) is 0 Å². The van der Waals surface area contributed by atoms with E-state index in [0.29, 0.717) is 36.1 Å². The van der Waals surface area contributed by atoms with Gasteiger partial charge in [0.1, 0.15) is 6.61 Å². The number of fused-ring (bicyclic) bond motifs is 2. The Balaban J connectivity index is 1.49. The summed E-state index contributed by atoms with van der Waals surface area (Å²) in [5.41, 5.74) is 0. The normalized spacial score (nSPS) is 29.5. The van der Waals surface area contributed by atoms with Gasteiger partial charge < -0.3 is 14.6 Å². The lowest BCUT2D eigenvalue weighted by Crippen LogP contribution is -2.21. The summed E-state index contributed by atoms with van der Waals surface area (Å²) in [6.07, 6.45) is 1.41. The molecule has 0 amide bonds. The molecule has 1 aromatic rings. The Labute approximate surface area is 109 Å². The average Bonchev–Trinajstić information content (AvgIpc) is 3.09. The molecule has 2 aliphatic heterocycles. The van der Waals surface area contributed by atoms with Crippen molar-refractivity contribution in [1.82, 2.24) is 15.5 Å². The molecule has 19 heavy (non-hydrogen) atoms. The minimum atomic E-state index is -2.43. The lowest BCUT2D eigenvalue weighted by atomic mass is 9.89. The molecule has 3 atom stereocenters. The van der Waals surface area contributed by atoms with Crippen LogP contribution in [0.2, 0.25) is 0 Å². The lowest BCUT2D eigenvalue weighted by molar-refractivity contribution is 0.0182. The van der Waals surface area contributed by atoms with Crippen molar-refractivity contribution in [3.8, 4) is 0 Å². The van der Waals surface area contributed by atoms with E-state index in [0.717, 1.165) is 12.8 Å². The third-order valence-corrected chi connectivity index (χ3v) is 3.81. The first-order chi connectivity index (χ1) is 9.22. The molecule has 1 aromatic heterocycles. The predicted octanol–water partition coefficient (Wildman–Crippen LogP) is 1.50. The molecule has 5 nitrogen and oxygen atoms in total. The summed E-state index contributed by atoms with van der Waals surface area (Å²) in [4.78, 5) is 4.34. The van der Waals surface area contributed by atoms with Gasteiger partial charge in [0.25, 0.3) is 6.43 Å². The van der Waals surface area contributed by atoms with Gasteiger partial charge in [-0.15, -0.1) is 0 Å². The Kier molecular flexibility index (Phi) is 3.74. The Morgan fingerprint density at radius 1 is 1.42 bits per heavy atom. The number of aromatic nitrogens is 2. The summed E-state index contributed by atoms with van der Waals surface area (Å²) in [7, 11) is 0. The van der Waals surface area contributed by atoms with Gasteiger partial charge in [-0.25, -0.2) is 8.78 Å². The first kappa shape index (κ1) is 12.9. The van der Waals surface area contributed by atoms with E-state index in [1.54, 1.807) is 0 Å². The minimum absolute atomic E-state index is 0.193. The first-order valence-electron chi connectivity index (χ1n) is 6.67. The molecule has 1 N–H and O–H groups in total. The maximum Gasteiger partial charge on any atom is 0.261 e. The van der Waals surface area contributed by atoms with Crippen molar-refractivity contribution in [3.63, 3.8) is 0 Å². The number of halogens is 2. The Bertz CT molecular complexity index is 427. The van der Waals surface area contributed by atoms with Crippen molar-refractivity contribution in [2.45, 2.75) is 50.1 Å². The molecule has 3 rings (SSSR count). The number of nitrogens with zero attached hydrogens (tertiary/aromatic N) is 2. The fourth-order valence-electron chi connectivity index (χ4n) is 2.95. The van der Waals surface area contributed by atoms with Gasteiger partial charge in [0.15, 0.2) is 5.82 Å². The topological polar surface area (TPSA) is 60.2 Å². The van der Waals surface area contributed by atoms with Gasteiger partial charge >= 0.3 is 0 Å². The van der Waals surface area contributed by atoms with Gasteiger partial charge in [0, 0.05) is 18.5 Å². The maximum atomic E-state index is 11.9. The van der Waals surface area contributed by atoms with Crippen molar-refractivity contribution in [1.29, 1.82) is 0 Å². The molecule has 0 aromatic carbocycles. The molecule has 0 aliphatic carbocycles. The van der Waals surface area contributed by atoms with Gasteiger partial charge in [-0.05, 0) is 19.3 Å². The zero-order valence-electron chi connectivity index (χ0n) is 10.5. The highest BCUT2D eigenvalue weighted by Crippen LogP contribution is 2.39.